The highest BCUT2D eigenvalue weighted by Crippen LogP contribution is 2.49. The molecular weight excluding hydrogens is 226 g/mol. The van der Waals surface area contributed by atoms with Crippen LogP contribution >= 0.6 is 0 Å². The van der Waals surface area contributed by atoms with Crippen LogP contribution in [0.5, 0.6) is 0 Å². The molecule has 4 fully saturated rings. The van der Waals surface area contributed by atoms with Crippen molar-refractivity contribution >= 4 is 5.78 Å². The molecule has 0 N–H and O–H groups in total. The summed E-state index contributed by atoms with van der Waals surface area (Å²) in [5, 5.41) is 0. The summed E-state index contributed by atoms with van der Waals surface area (Å²) in [5.41, 5.74) is -0.525. The van der Waals surface area contributed by atoms with Gasteiger partial charge in [0, 0.05) is 5.92 Å². The van der Waals surface area contributed by atoms with E-state index in [2.05, 4.69) is 25.7 Å². The van der Waals surface area contributed by atoms with Crippen molar-refractivity contribution in [3.63, 3.8) is 0 Å². The number of piperidine rings is 1. The van der Waals surface area contributed by atoms with Crippen molar-refractivity contribution in [1.29, 1.82) is 0 Å². The van der Waals surface area contributed by atoms with Crippen LogP contribution < -0.4 is 0 Å². The summed E-state index contributed by atoms with van der Waals surface area (Å²) < 4.78 is 6.33. The summed E-state index contributed by atoms with van der Waals surface area (Å²) in [6.45, 7) is 8.46. The number of hydrogen-bond donors (Lipinski definition) is 0. The monoisotopic (exact) mass is 251 g/mol. The Morgan fingerprint density at radius 3 is 2.39 bits per heavy atom. The number of fused-ring (bicyclic) bond motifs is 3. The van der Waals surface area contributed by atoms with Gasteiger partial charge in [0.15, 0.2) is 5.78 Å². The van der Waals surface area contributed by atoms with Crippen LogP contribution in [0, 0.1) is 5.92 Å². The van der Waals surface area contributed by atoms with Gasteiger partial charge in [0.1, 0.15) is 0 Å². The smallest absolute Gasteiger partial charge is 0.158 e. The molecule has 3 heteroatoms. The van der Waals surface area contributed by atoms with Gasteiger partial charge in [-0.05, 0) is 59.5 Å². The van der Waals surface area contributed by atoms with Crippen molar-refractivity contribution in [1.82, 2.24) is 4.90 Å². The van der Waals surface area contributed by atoms with Gasteiger partial charge in [0.25, 0.3) is 0 Å². The van der Waals surface area contributed by atoms with Gasteiger partial charge in [0.2, 0.25) is 0 Å². The van der Waals surface area contributed by atoms with Crippen LogP contribution in [0.3, 0.4) is 0 Å². The lowest BCUT2D eigenvalue weighted by Gasteiger charge is -2.59. The van der Waals surface area contributed by atoms with Crippen LogP contribution in [-0.2, 0) is 9.53 Å². The molecule has 1 saturated carbocycles. The summed E-state index contributed by atoms with van der Waals surface area (Å²) >= 11 is 0. The van der Waals surface area contributed by atoms with Gasteiger partial charge >= 0.3 is 0 Å². The minimum atomic E-state index is -0.267. The molecule has 1 aliphatic carbocycles. The van der Waals surface area contributed by atoms with E-state index in [1.165, 1.54) is 19.3 Å². The fraction of sp³-hybridized carbons (Fsp3) is 0.933. The third-order valence-corrected chi connectivity index (χ3v) is 5.21. The van der Waals surface area contributed by atoms with Crippen molar-refractivity contribution in [2.24, 2.45) is 5.92 Å². The van der Waals surface area contributed by atoms with Crippen LogP contribution in [0.15, 0.2) is 0 Å². The standard InChI is InChI=1S/C15H25NO2/c1-14(2)11-7-8-15(3,18-14)13(12(11)17)16-9-5-4-6-10-16/h11,13H,4-10H2,1-3H3/t11-,13-,15-/m1/s1. The molecular formula is C15H25NO2. The predicted molar refractivity (Wildman–Crippen MR) is 70.5 cm³/mol. The molecule has 4 rings (SSSR count). The van der Waals surface area contributed by atoms with Gasteiger partial charge in [-0.25, -0.2) is 0 Å². The zero-order valence-electron chi connectivity index (χ0n) is 11.9. The number of hydrogen-bond acceptors (Lipinski definition) is 3. The third kappa shape index (κ3) is 1.75. The Morgan fingerprint density at radius 2 is 1.83 bits per heavy atom. The van der Waals surface area contributed by atoms with Crippen LogP contribution in [0.2, 0.25) is 0 Å². The molecule has 0 aromatic heterocycles. The van der Waals surface area contributed by atoms with Gasteiger partial charge in [-0.15, -0.1) is 0 Å². The SMILES string of the molecule is CC1(C)O[C@]2(C)CC[C@@H]1C(=O)[C@H]2N1CCCCC1. The molecule has 3 heterocycles. The van der Waals surface area contributed by atoms with Gasteiger partial charge in [-0.2, -0.15) is 0 Å². The molecule has 0 aromatic rings. The normalized spacial score (nSPS) is 44.3. The second kappa shape index (κ2) is 4.04. The first kappa shape index (κ1) is 12.6. The average molecular weight is 251 g/mol. The highest BCUT2D eigenvalue weighted by atomic mass is 16.5. The molecule has 0 amide bonds. The van der Waals surface area contributed by atoms with E-state index in [0.29, 0.717) is 5.78 Å². The highest BCUT2D eigenvalue weighted by molar-refractivity contribution is 5.90. The van der Waals surface area contributed by atoms with Crippen molar-refractivity contribution in [3.8, 4) is 0 Å². The molecule has 0 aromatic carbocycles. The minimum Gasteiger partial charge on any atom is -0.367 e. The lowest BCUT2D eigenvalue weighted by atomic mass is 9.64. The van der Waals surface area contributed by atoms with Gasteiger partial charge in [-0.3, -0.25) is 9.69 Å². The summed E-state index contributed by atoms with van der Waals surface area (Å²) in [6.07, 6.45) is 5.81. The van der Waals surface area contributed by atoms with E-state index >= 15 is 0 Å². The molecule has 3 saturated heterocycles. The fourth-order valence-electron chi connectivity index (χ4n) is 4.41. The maximum atomic E-state index is 12.8. The second-order valence-electron chi connectivity index (χ2n) is 7.01. The number of rotatable bonds is 1. The molecule has 102 valence electrons. The van der Waals surface area contributed by atoms with Gasteiger partial charge < -0.3 is 4.74 Å². The van der Waals surface area contributed by atoms with E-state index < -0.39 is 0 Å². The zero-order valence-corrected chi connectivity index (χ0v) is 11.9. The molecule has 2 bridgehead atoms. The molecule has 4 aliphatic rings. The summed E-state index contributed by atoms with van der Waals surface area (Å²) in [6, 6.07) is 0.0181. The second-order valence-corrected chi connectivity index (χ2v) is 7.01. The van der Waals surface area contributed by atoms with Gasteiger partial charge in [0.05, 0.1) is 17.2 Å². The largest absolute Gasteiger partial charge is 0.367 e. The first-order chi connectivity index (χ1) is 8.44. The molecule has 18 heavy (non-hydrogen) atoms. The number of ether oxygens (including phenoxy) is 1. The summed E-state index contributed by atoms with van der Waals surface area (Å²) in [7, 11) is 0. The number of carbonyl (C=O) groups is 1. The molecule has 0 unspecified atom stereocenters. The molecule has 3 nitrogen and oxygen atoms in total. The Bertz CT molecular complexity index is 360. The summed E-state index contributed by atoms with van der Waals surface area (Å²) in [5.74, 6) is 0.549. The van der Waals surface area contributed by atoms with Crippen molar-refractivity contribution in [2.75, 3.05) is 13.1 Å². The van der Waals surface area contributed by atoms with E-state index in [0.717, 1.165) is 25.9 Å². The molecule has 3 aliphatic heterocycles. The summed E-state index contributed by atoms with van der Waals surface area (Å²) in [4.78, 5) is 15.2. The number of ketones is 1. The van der Waals surface area contributed by atoms with Gasteiger partial charge in [-0.1, -0.05) is 6.42 Å². The number of carbonyl (C=O) groups excluding carboxylic acids is 1. The van der Waals surface area contributed by atoms with E-state index in [9.17, 15) is 4.79 Å². The van der Waals surface area contributed by atoms with E-state index in [1.807, 2.05) is 0 Å². The maximum Gasteiger partial charge on any atom is 0.158 e. The van der Waals surface area contributed by atoms with E-state index in [1.54, 1.807) is 0 Å². The first-order valence-electron chi connectivity index (χ1n) is 7.42. The topological polar surface area (TPSA) is 29.5 Å². The lowest BCUT2D eigenvalue weighted by molar-refractivity contribution is -0.245. The van der Waals surface area contributed by atoms with Crippen LogP contribution in [0.4, 0.5) is 0 Å². The minimum absolute atomic E-state index is 0.0181. The Labute approximate surface area is 110 Å². The molecule has 0 radical (unpaired) electrons. The lowest BCUT2D eigenvalue weighted by Crippen LogP contribution is -2.71. The Kier molecular flexibility index (Phi) is 2.83. The Balaban J connectivity index is 1.89. The average Bonchev–Trinajstić information content (AvgIpc) is 2.27. The van der Waals surface area contributed by atoms with Crippen LogP contribution in [0.1, 0.15) is 52.9 Å². The third-order valence-electron chi connectivity index (χ3n) is 5.21. The number of Topliss-reactive ketones (excluding diaryl/α,β-unsaturated/α-hetero) is 1. The maximum absolute atomic E-state index is 12.8. The zero-order chi connectivity index (χ0) is 13.0. The number of nitrogens with zero attached hydrogens (tertiary/aromatic N) is 1. The Morgan fingerprint density at radius 1 is 1.17 bits per heavy atom. The predicted octanol–water partition coefficient (Wildman–Crippen LogP) is 2.39. The molecule has 0 spiro atoms. The fourth-order valence-corrected chi connectivity index (χ4v) is 4.41. The highest BCUT2D eigenvalue weighted by Gasteiger charge is 2.60. The van der Waals surface area contributed by atoms with Crippen molar-refractivity contribution in [3.05, 3.63) is 0 Å². The van der Waals surface area contributed by atoms with Crippen LogP contribution in [0.25, 0.3) is 0 Å². The van der Waals surface area contributed by atoms with E-state index in [-0.39, 0.29) is 23.2 Å². The Hall–Kier alpha value is -0.410. The quantitative estimate of drug-likeness (QED) is 0.716. The van der Waals surface area contributed by atoms with Crippen molar-refractivity contribution in [2.45, 2.75) is 70.1 Å². The first-order valence-corrected chi connectivity index (χ1v) is 7.42. The van der Waals surface area contributed by atoms with E-state index in [4.69, 9.17) is 4.74 Å². The molecule has 3 atom stereocenters. The number of likely N-dealkylation sites (tertiary alicyclic amines) is 1. The van der Waals surface area contributed by atoms with Crippen molar-refractivity contribution < 1.29 is 9.53 Å². The van der Waals surface area contributed by atoms with Crippen LogP contribution in [-0.4, -0.2) is 41.0 Å².